The van der Waals surface area contributed by atoms with Gasteiger partial charge in [0.2, 0.25) is 0 Å². The van der Waals surface area contributed by atoms with E-state index in [1.165, 1.54) is 0 Å². The standard InChI is InChI=1S/C15H12O3/c16-7-9-5-13-11-3-1-2-4-12(11)15(18)14(13)6-10(9)8-17/h1-6,16-17H,7-8H2. The highest BCUT2D eigenvalue weighted by atomic mass is 16.3. The lowest BCUT2D eigenvalue weighted by molar-refractivity contribution is 0.104. The molecule has 0 heterocycles. The monoisotopic (exact) mass is 240 g/mol. The van der Waals surface area contributed by atoms with Crippen LogP contribution in [0.15, 0.2) is 36.4 Å². The average Bonchev–Trinajstić information content (AvgIpc) is 2.71. The minimum Gasteiger partial charge on any atom is -0.392 e. The molecule has 2 aromatic rings. The molecule has 0 amide bonds. The van der Waals surface area contributed by atoms with Crippen molar-refractivity contribution in [1.82, 2.24) is 0 Å². The van der Waals surface area contributed by atoms with Crippen LogP contribution in [0.1, 0.15) is 27.0 Å². The Bertz CT molecular complexity index is 644. The summed E-state index contributed by atoms with van der Waals surface area (Å²) in [5.74, 6) is -0.0141. The van der Waals surface area contributed by atoms with E-state index in [4.69, 9.17) is 0 Å². The Hall–Kier alpha value is -1.97. The summed E-state index contributed by atoms with van der Waals surface area (Å²) in [6.07, 6.45) is 0. The maximum atomic E-state index is 12.2. The topological polar surface area (TPSA) is 57.5 Å². The minimum absolute atomic E-state index is 0.0141. The van der Waals surface area contributed by atoms with Crippen LogP contribution in [0, 0.1) is 0 Å². The summed E-state index contributed by atoms with van der Waals surface area (Å²) in [5.41, 5.74) is 4.32. The van der Waals surface area contributed by atoms with Gasteiger partial charge in [0.05, 0.1) is 13.2 Å². The van der Waals surface area contributed by atoms with Crippen LogP contribution >= 0.6 is 0 Å². The highest BCUT2D eigenvalue weighted by Gasteiger charge is 2.27. The Kier molecular flexibility index (Phi) is 2.51. The molecular weight excluding hydrogens is 228 g/mol. The predicted molar refractivity (Wildman–Crippen MR) is 67.2 cm³/mol. The molecule has 0 aromatic heterocycles. The molecule has 0 bridgehead atoms. The van der Waals surface area contributed by atoms with Gasteiger partial charge in [-0.05, 0) is 34.4 Å². The van der Waals surface area contributed by atoms with Crippen molar-refractivity contribution >= 4 is 5.78 Å². The van der Waals surface area contributed by atoms with Gasteiger partial charge in [-0.1, -0.05) is 24.3 Å². The number of aliphatic hydroxyl groups excluding tert-OH is 2. The second kappa shape index (κ2) is 4.05. The second-order valence-corrected chi connectivity index (χ2v) is 4.36. The maximum Gasteiger partial charge on any atom is 0.194 e. The van der Waals surface area contributed by atoms with Crippen molar-refractivity contribution in [2.45, 2.75) is 13.2 Å². The number of carbonyl (C=O) groups excluding carboxylic acids is 1. The molecule has 1 aliphatic rings. The van der Waals surface area contributed by atoms with Crippen LogP contribution in [-0.2, 0) is 13.2 Å². The Labute approximate surface area is 104 Å². The molecular formula is C15H12O3. The van der Waals surface area contributed by atoms with Gasteiger partial charge in [-0.3, -0.25) is 4.79 Å². The van der Waals surface area contributed by atoms with Crippen molar-refractivity contribution in [2.24, 2.45) is 0 Å². The first kappa shape index (κ1) is 11.1. The van der Waals surface area contributed by atoms with Crippen LogP contribution in [0.25, 0.3) is 11.1 Å². The van der Waals surface area contributed by atoms with Gasteiger partial charge in [0.25, 0.3) is 0 Å². The van der Waals surface area contributed by atoms with E-state index in [0.29, 0.717) is 22.3 Å². The number of fused-ring (bicyclic) bond motifs is 3. The molecule has 18 heavy (non-hydrogen) atoms. The summed E-state index contributed by atoms with van der Waals surface area (Å²) in [5, 5.41) is 18.6. The van der Waals surface area contributed by atoms with Crippen LogP contribution in [0.5, 0.6) is 0 Å². The lowest BCUT2D eigenvalue weighted by Gasteiger charge is -2.08. The Morgan fingerprint density at radius 1 is 0.778 bits per heavy atom. The molecule has 3 nitrogen and oxygen atoms in total. The van der Waals surface area contributed by atoms with Crippen molar-refractivity contribution in [3.63, 3.8) is 0 Å². The summed E-state index contributed by atoms with van der Waals surface area (Å²) in [7, 11) is 0. The third-order valence-electron chi connectivity index (χ3n) is 3.39. The van der Waals surface area contributed by atoms with E-state index < -0.39 is 0 Å². The van der Waals surface area contributed by atoms with Crippen molar-refractivity contribution in [3.8, 4) is 11.1 Å². The maximum absolute atomic E-state index is 12.2. The molecule has 0 atom stereocenters. The molecule has 1 aliphatic carbocycles. The van der Waals surface area contributed by atoms with Gasteiger partial charge in [0.15, 0.2) is 5.78 Å². The van der Waals surface area contributed by atoms with Crippen LogP contribution in [-0.4, -0.2) is 16.0 Å². The van der Waals surface area contributed by atoms with E-state index in [1.807, 2.05) is 18.2 Å². The van der Waals surface area contributed by atoms with Crippen molar-refractivity contribution in [1.29, 1.82) is 0 Å². The van der Waals surface area contributed by atoms with E-state index in [-0.39, 0.29) is 19.0 Å². The Morgan fingerprint density at radius 3 is 1.94 bits per heavy atom. The highest BCUT2D eigenvalue weighted by Crippen LogP contribution is 2.37. The fourth-order valence-electron chi connectivity index (χ4n) is 2.46. The second-order valence-electron chi connectivity index (χ2n) is 4.36. The van der Waals surface area contributed by atoms with Crippen LogP contribution in [0.4, 0.5) is 0 Å². The zero-order valence-corrected chi connectivity index (χ0v) is 9.68. The molecule has 0 unspecified atom stereocenters. The van der Waals surface area contributed by atoms with E-state index in [1.54, 1.807) is 18.2 Å². The molecule has 0 aliphatic heterocycles. The van der Waals surface area contributed by atoms with E-state index in [0.717, 1.165) is 11.1 Å². The van der Waals surface area contributed by atoms with Gasteiger partial charge >= 0.3 is 0 Å². The van der Waals surface area contributed by atoms with Gasteiger partial charge in [-0.2, -0.15) is 0 Å². The fraction of sp³-hybridized carbons (Fsp3) is 0.133. The first-order valence-electron chi connectivity index (χ1n) is 5.78. The van der Waals surface area contributed by atoms with Crippen molar-refractivity contribution < 1.29 is 15.0 Å². The lowest BCUT2D eigenvalue weighted by Crippen LogP contribution is -2.00. The van der Waals surface area contributed by atoms with E-state index >= 15 is 0 Å². The zero-order valence-electron chi connectivity index (χ0n) is 9.68. The number of benzene rings is 2. The summed E-state index contributed by atoms with van der Waals surface area (Å²) >= 11 is 0. The molecule has 0 saturated carbocycles. The molecule has 0 fully saturated rings. The number of ketones is 1. The zero-order chi connectivity index (χ0) is 12.7. The average molecular weight is 240 g/mol. The summed E-state index contributed by atoms with van der Waals surface area (Å²) in [6.45, 7) is -0.313. The lowest BCUT2D eigenvalue weighted by atomic mass is 9.98. The summed E-state index contributed by atoms with van der Waals surface area (Å²) in [6, 6.07) is 10.9. The molecule has 3 heteroatoms. The largest absolute Gasteiger partial charge is 0.392 e. The van der Waals surface area contributed by atoms with Gasteiger partial charge in [-0.25, -0.2) is 0 Å². The van der Waals surface area contributed by atoms with Gasteiger partial charge in [0.1, 0.15) is 0 Å². The van der Waals surface area contributed by atoms with Crippen LogP contribution in [0.2, 0.25) is 0 Å². The highest BCUT2D eigenvalue weighted by molar-refractivity contribution is 6.21. The molecule has 0 spiro atoms. The Morgan fingerprint density at radius 2 is 1.33 bits per heavy atom. The smallest absolute Gasteiger partial charge is 0.194 e. The first-order valence-corrected chi connectivity index (χ1v) is 5.78. The SMILES string of the molecule is O=C1c2ccccc2-c2cc(CO)c(CO)cc21. The molecule has 0 saturated heterocycles. The minimum atomic E-state index is -0.174. The van der Waals surface area contributed by atoms with Crippen molar-refractivity contribution in [2.75, 3.05) is 0 Å². The molecule has 3 rings (SSSR count). The number of hydrogen-bond acceptors (Lipinski definition) is 3. The number of carbonyl (C=O) groups is 1. The summed E-state index contributed by atoms with van der Waals surface area (Å²) < 4.78 is 0. The third kappa shape index (κ3) is 1.41. The van der Waals surface area contributed by atoms with Gasteiger partial charge in [-0.15, -0.1) is 0 Å². The van der Waals surface area contributed by atoms with Crippen LogP contribution < -0.4 is 0 Å². The van der Waals surface area contributed by atoms with E-state index in [2.05, 4.69) is 0 Å². The number of aliphatic hydroxyl groups is 2. The predicted octanol–water partition coefficient (Wildman–Crippen LogP) is 1.88. The first-order chi connectivity index (χ1) is 8.76. The number of rotatable bonds is 2. The third-order valence-corrected chi connectivity index (χ3v) is 3.39. The van der Waals surface area contributed by atoms with Gasteiger partial charge < -0.3 is 10.2 Å². The van der Waals surface area contributed by atoms with Crippen LogP contribution in [0.3, 0.4) is 0 Å². The number of hydrogen-bond donors (Lipinski definition) is 2. The Balaban J connectivity index is 2.29. The molecule has 0 radical (unpaired) electrons. The normalized spacial score (nSPS) is 12.4. The molecule has 90 valence electrons. The fourth-order valence-corrected chi connectivity index (χ4v) is 2.46. The van der Waals surface area contributed by atoms with E-state index in [9.17, 15) is 15.0 Å². The van der Waals surface area contributed by atoms with Crippen molar-refractivity contribution in [3.05, 3.63) is 58.7 Å². The quantitative estimate of drug-likeness (QED) is 0.719. The summed E-state index contributed by atoms with van der Waals surface area (Å²) in [4.78, 5) is 12.2. The molecule has 2 N–H and O–H groups in total. The van der Waals surface area contributed by atoms with Gasteiger partial charge in [0, 0.05) is 11.1 Å². The molecule has 2 aromatic carbocycles.